The van der Waals surface area contributed by atoms with E-state index in [1.165, 1.54) is 24.3 Å². The number of halogens is 1. The van der Waals surface area contributed by atoms with Gasteiger partial charge in [-0.3, -0.25) is 14.4 Å². The molecular formula is C22H19BrN2O5. The summed E-state index contributed by atoms with van der Waals surface area (Å²) in [6.45, 7) is -0.375. The van der Waals surface area contributed by atoms with E-state index in [1.54, 1.807) is 24.3 Å². The smallest absolute Gasteiger partial charge is 0.338 e. The van der Waals surface area contributed by atoms with Crippen molar-refractivity contribution >= 4 is 45.2 Å². The second-order valence-electron chi connectivity index (χ2n) is 7.32. The summed E-state index contributed by atoms with van der Waals surface area (Å²) in [5.74, 6) is -1.51. The molecule has 0 aromatic heterocycles. The van der Waals surface area contributed by atoms with E-state index in [4.69, 9.17) is 4.74 Å². The number of rotatable bonds is 7. The summed E-state index contributed by atoms with van der Waals surface area (Å²) in [6, 6.07) is 12.6. The Kier molecular flexibility index (Phi) is 5.78. The van der Waals surface area contributed by atoms with Crippen molar-refractivity contribution in [3.8, 4) is 0 Å². The molecule has 2 aromatic rings. The topological polar surface area (TPSA) is 92.8 Å². The fourth-order valence-corrected chi connectivity index (χ4v) is 3.51. The SMILES string of the molecule is O=C(COC(=O)c1ccc(N2C(=O)CC(NC3CC3)C2=O)cc1)c1ccc(Br)cc1. The zero-order valence-electron chi connectivity index (χ0n) is 16.0. The minimum absolute atomic E-state index is 0.136. The third kappa shape index (κ3) is 4.49. The first kappa shape index (κ1) is 20.4. The molecule has 1 N–H and O–H groups in total. The third-order valence-electron chi connectivity index (χ3n) is 5.02. The average molecular weight is 471 g/mol. The van der Waals surface area contributed by atoms with Crippen molar-refractivity contribution in [3.63, 3.8) is 0 Å². The Morgan fingerprint density at radius 1 is 1.00 bits per heavy atom. The summed E-state index contributed by atoms with van der Waals surface area (Å²) in [4.78, 5) is 50.3. The number of amides is 2. The van der Waals surface area contributed by atoms with Crippen LogP contribution in [0.1, 0.15) is 40.0 Å². The van der Waals surface area contributed by atoms with E-state index >= 15 is 0 Å². The van der Waals surface area contributed by atoms with Crippen molar-refractivity contribution in [2.75, 3.05) is 11.5 Å². The van der Waals surface area contributed by atoms with Crippen LogP contribution < -0.4 is 10.2 Å². The highest BCUT2D eigenvalue weighted by molar-refractivity contribution is 9.10. The van der Waals surface area contributed by atoms with Crippen LogP contribution in [-0.2, 0) is 14.3 Å². The van der Waals surface area contributed by atoms with E-state index in [-0.39, 0.29) is 36.2 Å². The molecule has 1 aliphatic carbocycles. The van der Waals surface area contributed by atoms with Gasteiger partial charge in [0.2, 0.25) is 5.91 Å². The molecule has 30 heavy (non-hydrogen) atoms. The number of nitrogens with one attached hydrogen (secondary N) is 1. The van der Waals surface area contributed by atoms with E-state index in [1.807, 2.05) is 0 Å². The zero-order valence-corrected chi connectivity index (χ0v) is 17.6. The van der Waals surface area contributed by atoms with Crippen LogP contribution >= 0.6 is 15.9 Å². The highest BCUT2D eigenvalue weighted by Crippen LogP contribution is 2.27. The lowest BCUT2D eigenvalue weighted by Crippen LogP contribution is -2.39. The summed E-state index contributed by atoms with van der Waals surface area (Å²) >= 11 is 3.30. The number of benzene rings is 2. The number of ether oxygens (including phenoxy) is 1. The van der Waals surface area contributed by atoms with Gasteiger partial charge in [-0.2, -0.15) is 0 Å². The average Bonchev–Trinajstić information content (AvgIpc) is 3.51. The molecule has 1 saturated carbocycles. The number of imide groups is 1. The van der Waals surface area contributed by atoms with E-state index < -0.39 is 12.0 Å². The van der Waals surface area contributed by atoms with Crippen LogP contribution in [0.2, 0.25) is 0 Å². The minimum Gasteiger partial charge on any atom is -0.454 e. The number of nitrogens with zero attached hydrogens (tertiary/aromatic N) is 1. The van der Waals surface area contributed by atoms with Gasteiger partial charge in [0.05, 0.1) is 23.7 Å². The van der Waals surface area contributed by atoms with Gasteiger partial charge in [-0.15, -0.1) is 0 Å². The molecule has 0 bridgehead atoms. The summed E-state index contributed by atoms with van der Waals surface area (Å²) in [5, 5.41) is 3.19. The van der Waals surface area contributed by atoms with E-state index in [0.29, 0.717) is 17.3 Å². The number of carbonyl (C=O) groups is 4. The predicted octanol–water partition coefficient (Wildman–Crippen LogP) is 2.87. The van der Waals surface area contributed by atoms with Crippen LogP contribution in [0.4, 0.5) is 5.69 Å². The molecule has 7 nitrogen and oxygen atoms in total. The Bertz CT molecular complexity index is 999. The molecular weight excluding hydrogens is 452 g/mol. The summed E-state index contributed by atoms with van der Waals surface area (Å²) in [6.07, 6.45) is 2.19. The first-order chi connectivity index (χ1) is 14.4. The minimum atomic E-state index is -0.653. The van der Waals surface area contributed by atoms with Crippen molar-refractivity contribution in [1.29, 1.82) is 0 Å². The van der Waals surface area contributed by atoms with Gasteiger partial charge in [0.25, 0.3) is 5.91 Å². The van der Waals surface area contributed by atoms with Crippen molar-refractivity contribution in [2.45, 2.75) is 31.3 Å². The highest BCUT2D eigenvalue weighted by atomic mass is 79.9. The maximum atomic E-state index is 12.5. The number of ketones is 1. The monoisotopic (exact) mass is 470 g/mol. The van der Waals surface area contributed by atoms with Crippen LogP contribution in [0.3, 0.4) is 0 Å². The van der Waals surface area contributed by atoms with Crippen molar-refractivity contribution in [3.05, 3.63) is 64.1 Å². The van der Waals surface area contributed by atoms with Gasteiger partial charge in [0.1, 0.15) is 0 Å². The van der Waals surface area contributed by atoms with Crippen molar-refractivity contribution < 1.29 is 23.9 Å². The molecule has 1 heterocycles. The Hall–Kier alpha value is -2.84. The van der Waals surface area contributed by atoms with Gasteiger partial charge < -0.3 is 10.1 Å². The van der Waals surface area contributed by atoms with Crippen LogP contribution in [0.25, 0.3) is 0 Å². The van der Waals surface area contributed by atoms with Gasteiger partial charge in [-0.05, 0) is 49.2 Å². The maximum absolute atomic E-state index is 12.5. The molecule has 1 saturated heterocycles. The lowest BCUT2D eigenvalue weighted by atomic mass is 10.1. The van der Waals surface area contributed by atoms with Gasteiger partial charge in [0.15, 0.2) is 12.4 Å². The van der Waals surface area contributed by atoms with Crippen LogP contribution in [0, 0.1) is 0 Å². The lowest BCUT2D eigenvalue weighted by Gasteiger charge is -2.15. The number of esters is 1. The first-order valence-electron chi connectivity index (χ1n) is 9.61. The van der Waals surface area contributed by atoms with E-state index in [0.717, 1.165) is 22.2 Å². The van der Waals surface area contributed by atoms with Crippen LogP contribution in [-0.4, -0.2) is 42.3 Å². The number of carbonyl (C=O) groups excluding carboxylic acids is 4. The Morgan fingerprint density at radius 2 is 1.63 bits per heavy atom. The molecule has 1 aliphatic heterocycles. The molecule has 2 fully saturated rings. The second kappa shape index (κ2) is 8.49. The fraction of sp³-hybridized carbons (Fsp3) is 0.273. The predicted molar refractivity (Wildman–Crippen MR) is 112 cm³/mol. The van der Waals surface area contributed by atoms with Crippen LogP contribution in [0.5, 0.6) is 0 Å². The molecule has 1 atom stereocenters. The Morgan fingerprint density at radius 3 is 2.27 bits per heavy atom. The molecule has 8 heteroatoms. The molecule has 0 radical (unpaired) electrons. The number of hydrogen-bond acceptors (Lipinski definition) is 6. The molecule has 0 spiro atoms. The third-order valence-corrected chi connectivity index (χ3v) is 5.55. The van der Waals surface area contributed by atoms with Gasteiger partial charge in [-0.1, -0.05) is 28.1 Å². The summed E-state index contributed by atoms with van der Waals surface area (Å²) < 4.78 is 5.94. The van der Waals surface area contributed by atoms with Gasteiger partial charge in [-0.25, -0.2) is 9.69 Å². The summed E-state index contributed by atoms with van der Waals surface area (Å²) in [5.41, 5.74) is 1.09. The Balaban J connectivity index is 1.36. The van der Waals surface area contributed by atoms with Gasteiger partial charge >= 0.3 is 5.97 Å². The molecule has 2 aliphatic rings. The molecule has 4 rings (SSSR count). The molecule has 1 unspecified atom stereocenters. The first-order valence-corrected chi connectivity index (χ1v) is 10.4. The quantitative estimate of drug-likeness (QED) is 0.379. The standard InChI is InChI=1S/C22H19BrN2O5/c23-15-5-1-13(2-6-15)19(26)12-30-22(29)14-3-9-17(10-4-14)25-20(27)11-18(21(25)28)24-16-7-8-16/h1-6,9-10,16,18,24H,7-8,11-12H2. The highest BCUT2D eigenvalue weighted by Gasteiger charge is 2.41. The zero-order chi connectivity index (χ0) is 21.3. The van der Waals surface area contributed by atoms with E-state index in [2.05, 4.69) is 21.2 Å². The van der Waals surface area contributed by atoms with E-state index in [9.17, 15) is 19.2 Å². The Labute approximate surface area is 181 Å². The number of anilines is 1. The lowest BCUT2D eigenvalue weighted by molar-refractivity contribution is -0.121. The number of Topliss-reactive ketones (excluding diaryl/α,β-unsaturated/α-hetero) is 1. The maximum Gasteiger partial charge on any atom is 0.338 e. The largest absolute Gasteiger partial charge is 0.454 e. The normalized spacial score (nSPS) is 18.6. The fourth-order valence-electron chi connectivity index (χ4n) is 3.25. The van der Waals surface area contributed by atoms with Crippen LogP contribution in [0.15, 0.2) is 53.0 Å². The summed E-state index contributed by atoms with van der Waals surface area (Å²) in [7, 11) is 0. The molecule has 2 amide bonds. The number of hydrogen-bond donors (Lipinski definition) is 1. The van der Waals surface area contributed by atoms with Crippen molar-refractivity contribution in [2.24, 2.45) is 0 Å². The second-order valence-corrected chi connectivity index (χ2v) is 8.23. The molecule has 154 valence electrons. The van der Waals surface area contributed by atoms with Gasteiger partial charge in [0, 0.05) is 16.1 Å². The van der Waals surface area contributed by atoms with Crippen molar-refractivity contribution in [1.82, 2.24) is 5.32 Å². The molecule has 2 aromatic carbocycles.